The smallest absolute Gasteiger partial charge is 0.258 e. The number of aliphatic imine (C=N–C) groups is 1. The lowest BCUT2D eigenvalue weighted by atomic mass is 10.1. The summed E-state index contributed by atoms with van der Waals surface area (Å²) in [6, 6.07) is 14.9. The van der Waals surface area contributed by atoms with Crippen LogP contribution in [0.1, 0.15) is 35.1 Å². The van der Waals surface area contributed by atoms with Crippen LogP contribution in [-0.2, 0) is 17.6 Å². The molecule has 0 bridgehead atoms. The van der Waals surface area contributed by atoms with Crippen LogP contribution in [0, 0.1) is 13.8 Å². The molecule has 1 fully saturated rings. The highest BCUT2D eigenvalue weighted by Gasteiger charge is 2.23. The van der Waals surface area contributed by atoms with E-state index in [2.05, 4.69) is 53.0 Å². The van der Waals surface area contributed by atoms with E-state index in [0.717, 1.165) is 44.7 Å². The Morgan fingerprint density at radius 2 is 1.56 bits per heavy atom. The van der Waals surface area contributed by atoms with E-state index in [1.807, 2.05) is 24.3 Å². The molecule has 1 aliphatic carbocycles. The third-order valence-electron chi connectivity index (χ3n) is 5.15. The van der Waals surface area contributed by atoms with E-state index in [1.165, 1.54) is 22.3 Å². The number of aryl methyl sites for hydroxylation is 2. The maximum atomic E-state index is 11.7. The van der Waals surface area contributed by atoms with E-state index in [0.29, 0.717) is 11.8 Å². The number of nitrogens with zero attached hydrogens (tertiary/aromatic N) is 1. The summed E-state index contributed by atoms with van der Waals surface area (Å²) in [7, 11) is 1.79. The molecule has 2 aromatic rings. The Balaban J connectivity index is 0.00000363. The zero-order valence-corrected chi connectivity index (χ0v) is 21.6. The zero-order chi connectivity index (χ0) is 22.1. The number of carbonyl (C=O) groups excluding carboxylic acids is 1. The predicted molar refractivity (Wildman–Crippen MR) is 141 cm³/mol. The van der Waals surface area contributed by atoms with Crippen LogP contribution in [0.2, 0.25) is 0 Å². The summed E-state index contributed by atoms with van der Waals surface area (Å²) in [6.45, 7) is 5.96. The highest BCUT2D eigenvalue weighted by molar-refractivity contribution is 14.0. The van der Waals surface area contributed by atoms with Crippen molar-refractivity contribution in [3.05, 3.63) is 64.7 Å². The Labute approximate surface area is 208 Å². The van der Waals surface area contributed by atoms with Gasteiger partial charge in [-0.05, 0) is 62.8 Å². The van der Waals surface area contributed by atoms with Gasteiger partial charge in [0, 0.05) is 26.2 Å². The third kappa shape index (κ3) is 9.46. The molecule has 0 spiro atoms. The quantitative estimate of drug-likeness (QED) is 0.241. The predicted octanol–water partition coefficient (Wildman–Crippen LogP) is 3.53. The standard InChI is InChI=1S/C25H34N4O2.HI/c1-18-14-19(2)16-21(15-18)11-13-28-25(26-3)27-12-10-20-4-8-23(9-5-20)31-17-24(30)29-22-6-7-22;/h4-5,8-9,14-16,22H,6-7,10-13,17H2,1-3H3,(H,29,30)(H2,26,27,28);1H. The van der Waals surface area contributed by atoms with Crippen LogP contribution in [0.3, 0.4) is 0 Å². The van der Waals surface area contributed by atoms with Crippen LogP contribution in [-0.4, -0.2) is 44.7 Å². The van der Waals surface area contributed by atoms with Crippen molar-refractivity contribution in [2.45, 2.75) is 45.6 Å². The molecule has 1 aliphatic rings. The molecule has 0 aromatic heterocycles. The summed E-state index contributed by atoms with van der Waals surface area (Å²) >= 11 is 0. The highest BCUT2D eigenvalue weighted by Crippen LogP contribution is 2.18. The van der Waals surface area contributed by atoms with Gasteiger partial charge in [-0.25, -0.2) is 0 Å². The second-order valence-electron chi connectivity index (χ2n) is 8.20. The van der Waals surface area contributed by atoms with Gasteiger partial charge in [0.05, 0.1) is 0 Å². The lowest BCUT2D eigenvalue weighted by Crippen LogP contribution is -2.39. The molecule has 7 heteroatoms. The molecule has 174 valence electrons. The molecule has 1 amide bonds. The van der Waals surface area contributed by atoms with E-state index in [4.69, 9.17) is 4.74 Å². The van der Waals surface area contributed by atoms with Gasteiger partial charge in [0.1, 0.15) is 5.75 Å². The van der Waals surface area contributed by atoms with Gasteiger partial charge >= 0.3 is 0 Å². The van der Waals surface area contributed by atoms with Crippen LogP contribution in [0.5, 0.6) is 5.75 Å². The minimum Gasteiger partial charge on any atom is -0.484 e. The summed E-state index contributed by atoms with van der Waals surface area (Å²) < 4.78 is 5.55. The third-order valence-corrected chi connectivity index (χ3v) is 5.15. The van der Waals surface area contributed by atoms with Gasteiger partial charge in [-0.3, -0.25) is 9.79 Å². The molecule has 1 saturated carbocycles. The summed E-state index contributed by atoms with van der Waals surface area (Å²) in [5.41, 5.74) is 5.15. The zero-order valence-electron chi connectivity index (χ0n) is 19.2. The van der Waals surface area contributed by atoms with Gasteiger partial charge in [0.15, 0.2) is 12.6 Å². The minimum absolute atomic E-state index is 0. The molecule has 0 aliphatic heterocycles. The van der Waals surface area contributed by atoms with Gasteiger partial charge in [-0.2, -0.15) is 0 Å². The first kappa shape index (κ1) is 26.0. The SMILES string of the molecule is CN=C(NCCc1ccc(OCC(=O)NC2CC2)cc1)NCCc1cc(C)cc(C)c1.I. The number of hydrogen-bond donors (Lipinski definition) is 3. The average molecular weight is 550 g/mol. The van der Waals surface area contributed by atoms with Crippen molar-refractivity contribution in [1.82, 2.24) is 16.0 Å². The normalized spacial score (nSPS) is 13.2. The first-order chi connectivity index (χ1) is 15.0. The molecule has 2 aromatic carbocycles. The van der Waals surface area contributed by atoms with Crippen molar-refractivity contribution in [3.8, 4) is 5.75 Å². The second kappa shape index (κ2) is 13.3. The van der Waals surface area contributed by atoms with Crippen molar-refractivity contribution in [2.75, 3.05) is 26.7 Å². The van der Waals surface area contributed by atoms with Crippen molar-refractivity contribution in [3.63, 3.8) is 0 Å². The number of hydrogen-bond acceptors (Lipinski definition) is 3. The molecule has 0 heterocycles. The Morgan fingerprint density at radius 3 is 2.12 bits per heavy atom. The molecular weight excluding hydrogens is 515 g/mol. The number of rotatable bonds is 10. The summed E-state index contributed by atoms with van der Waals surface area (Å²) in [5.74, 6) is 1.48. The fourth-order valence-corrected chi connectivity index (χ4v) is 3.48. The highest BCUT2D eigenvalue weighted by atomic mass is 127. The van der Waals surface area contributed by atoms with Crippen LogP contribution < -0.4 is 20.7 Å². The molecule has 3 N–H and O–H groups in total. The number of carbonyl (C=O) groups is 1. The maximum absolute atomic E-state index is 11.7. The lowest BCUT2D eigenvalue weighted by Gasteiger charge is -2.13. The van der Waals surface area contributed by atoms with Crippen LogP contribution in [0.15, 0.2) is 47.5 Å². The van der Waals surface area contributed by atoms with Gasteiger partial charge in [-0.1, -0.05) is 41.5 Å². The lowest BCUT2D eigenvalue weighted by molar-refractivity contribution is -0.123. The van der Waals surface area contributed by atoms with E-state index < -0.39 is 0 Å². The average Bonchev–Trinajstić information content (AvgIpc) is 3.55. The van der Waals surface area contributed by atoms with Crippen molar-refractivity contribution >= 4 is 35.8 Å². The molecule has 6 nitrogen and oxygen atoms in total. The topological polar surface area (TPSA) is 74.8 Å². The number of nitrogens with one attached hydrogen (secondary N) is 3. The van der Waals surface area contributed by atoms with E-state index in [1.54, 1.807) is 7.05 Å². The molecule has 0 atom stereocenters. The Kier molecular flexibility index (Phi) is 10.8. The number of ether oxygens (including phenoxy) is 1. The van der Waals surface area contributed by atoms with Gasteiger partial charge in [0.2, 0.25) is 0 Å². The Morgan fingerprint density at radius 1 is 0.969 bits per heavy atom. The first-order valence-corrected chi connectivity index (χ1v) is 11.0. The van der Waals surface area contributed by atoms with Gasteiger partial charge in [-0.15, -0.1) is 24.0 Å². The van der Waals surface area contributed by atoms with E-state index in [9.17, 15) is 4.79 Å². The van der Waals surface area contributed by atoms with Crippen LogP contribution >= 0.6 is 24.0 Å². The fourth-order valence-electron chi connectivity index (χ4n) is 3.48. The Bertz CT molecular complexity index is 875. The summed E-state index contributed by atoms with van der Waals surface area (Å²) in [5, 5.41) is 9.66. The van der Waals surface area contributed by atoms with E-state index >= 15 is 0 Å². The number of benzene rings is 2. The van der Waals surface area contributed by atoms with Crippen LogP contribution in [0.25, 0.3) is 0 Å². The van der Waals surface area contributed by atoms with E-state index in [-0.39, 0.29) is 36.5 Å². The Hall–Kier alpha value is -2.29. The molecule has 0 unspecified atom stereocenters. The summed E-state index contributed by atoms with van der Waals surface area (Å²) in [4.78, 5) is 16.0. The minimum atomic E-state index is -0.0489. The van der Waals surface area contributed by atoms with Gasteiger partial charge < -0.3 is 20.7 Å². The largest absolute Gasteiger partial charge is 0.484 e. The molecule has 0 saturated heterocycles. The number of amides is 1. The maximum Gasteiger partial charge on any atom is 0.258 e. The first-order valence-electron chi connectivity index (χ1n) is 11.0. The van der Waals surface area contributed by atoms with Crippen LogP contribution in [0.4, 0.5) is 0 Å². The van der Waals surface area contributed by atoms with Crippen molar-refractivity contribution in [1.29, 1.82) is 0 Å². The van der Waals surface area contributed by atoms with Gasteiger partial charge in [0.25, 0.3) is 5.91 Å². The molecule has 0 radical (unpaired) electrons. The molecular formula is C25H35IN4O2. The fraction of sp³-hybridized carbons (Fsp3) is 0.440. The number of guanidine groups is 1. The van der Waals surface area contributed by atoms with Crippen molar-refractivity contribution in [2.24, 2.45) is 4.99 Å². The monoisotopic (exact) mass is 550 g/mol. The molecule has 3 rings (SSSR count). The van der Waals surface area contributed by atoms with Crippen molar-refractivity contribution < 1.29 is 9.53 Å². The molecule has 32 heavy (non-hydrogen) atoms. The summed E-state index contributed by atoms with van der Waals surface area (Å²) in [6.07, 6.45) is 4.01. The second-order valence-corrected chi connectivity index (χ2v) is 8.20. The number of halogens is 1.